The first-order chi connectivity index (χ1) is 13.3. The van der Waals surface area contributed by atoms with E-state index in [9.17, 15) is 13.2 Å². The molecular weight excluding hydrogens is 367 g/mol. The fourth-order valence-electron chi connectivity index (χ4n) is 2.47. The van der Waals surface area contributed by atoms with Crippen LogP contribution in [0.25, 0.3) is 24.3 Å². The third kappa shape index (κ3) is 4.88. The van der Waals surface area contributed by atoms with E-state index in [2.05, 4.69) is 10.1 Å². The van der Waals surface area contributed by atoms with E-state index in [-0.39, 0.29) is 0 Å². The maximum Gasteiger partial charge on any atom is 0.416 e. The lowest BCUT2D eigenvalue weighted by Gasteiger charge is -2.05. The predicted molar refractivity (Wildman–Crippen MR) is 103 cm³/mol. The van der Waals surface area contributed by atoms with Crippen molar-refractivity contribution in [3.05, 3.63) is 76.9 Å². The molecule has 1 heterocycles. The second-order valence-corrected chi connectivity index (χ2v) is 6.01. The summed E-state index contributed by atoms with van der Waals surface area (Å²) in [4.78, 5) is 4.40. The number of nitrogens with zero attached hydrogens (tertiary/aromatic N) is 3. The fourth-order valence-corrected chi connectivity index (χ4v) is 2.47. The number of methoxy groups -OCH3 is 1. The summed E-state index contributed by atoms with van der Waals surface area (Å²) in [5, 5.41) is 4.29. The molecule has 0 aliphatic carbocycles. The fraction of sp³-hybridized carbons (Fsp3) is 0.143. The monoisotopic (exact) mass is 385 g/mol. The van der Waals surface area contributed by atoms with Gasteiger partial charge in [0.2, 0.25) is 0 Å². The molecular formula is C21H18F3N3O. The van der Waals surface area contributed by atoms with E-state index in [4.69, 9.17) is 4.74 Å². The molecule has 0 aliphatic heterocycles. The minimum Gasteiger partial charge on any atom is -0.497 e. The van der Waals surface area contributed by atoms with Crippen LogP contribution in [0.3, 0.4) is 0 Å². The average Bonchev–Trinajstić information content (AvgIpc) is 3.04. The van der Waals surface area contributed by atoms with E-state index in [1.54, 1.807) is 31.0 Å². The van der Waals surface area contributed by atoms with Gasteiger partial charge in [0.25, 0.3) is 0 Å². The Hall–Kier alpha value is -3.35. The Kier molecular flexibility index (Phi) is 5.63. The van der Waals surface area contributed by atoms with Gasteiger partial charge >= 0.3 is 6.18 Å². The van der Waals surface area contributed by atoms with Crippen molar-refractivity contribution in [2.75, 3.05) is 7.11 Å². The van der Waals surface area contributed by atoms with Crippen LogP contribution in [0.5, 0.6) is 5.75 Å². The van der Waals surface area contributed by atoms with Gasteiger partial charge in [-0.3, -0.25) is 0 Å². The van der Waals surface area contributed by atoms with Gasteiger partial charge in [0.15, 0.2) is 11.6 Å². The lowest BCUT2D eigenvalue weighted by molar-refractivity contribution is -0.137. The Balaban J connectivity index is 1.71. The first-order valence-corrected chi connectivity index (χ1v) is 8.44. The Morgan fingerprint density at radius 1 is 0.857 bits per heavy atom. The van der Waals surface area contributed by atoms with Crippen LogP contribution in [0.15, 0.2) is 48.5 Å². The van der Waals surface area contributed by atoms with Crippen molar-refractivity contribution < 1.29 is 17.9 Å². The topological polar surface area (TPSA) is 39.9 Å². The van der Waals surface area contributed by atoms with Crippen LogP contribution in [-0.4, -0.2) is 21.9 Å². The zero-order valence-corrected chi connectivity index (χ0v) is 15.3. The molecule has 0 bridgehead atoms. The van der Waals surface area contributed by atoms with Crippen molar-refractivity contribution in [3.8, 4) is 5.75 Å². The smallest absolute Gasteiger partial charge is 0.416 e. The molecule has 3 rings (SSSR count). The van der Waals surface area contributed by atoms with E-state index in [0.29, 0.717) is 17.2 Å². The van der Waals surface area contributed by atoms with Crippen molar-refractivity contribution >= 4 is 24.3 Å². The van der Waals surface area contributed by atoms with E-state index in [1.807, 2.05) is 36.4 Å². The number of aryl methyl sites for hydroxylation is 1. The number of aromatic nitrogens is 3. The molecule has 2 aromatic carbocycles. The highest BCUT2D eigenvalue weighted by Crippen LogP contribution is 2.29. The molecule has 0 saturated carbocycles. The van der Waals surface area contributed by atoms with Gasteiger partial charge in [-0.05, 0) is 47.5 Å². The second-order valence-electron chi connectivity index (χ2n) is 6.01. The van der Waals surface area contributed by atoms with Crippen molar-refractivity contribution in [2.24, 2.45) is 7.05 Å². The third-order valence-electron chi connectivity index (χ3n) is 4.02. The summed E-state index contributed by atoms with van der Waals surface area (Å²) in [6.45, 7) is 0. The normalized spacial score (nSPS) is 12.2. The van der Waals surface area contributed by atoms with Crippen LogP contribution in [0.4, 0.5) is 13.2 Å². The van der Waals surface area contributed by atoms with Crippen molar-refractivity contribution in [3.63, 3.8) is 0 Å². The average molecular weight is 385 g/mol. The van der Waals surface area contributed by atoms with Crippen molar-refractivity contribution in [2.45, 2.75) is 6.18 Å². The van der Waals surface area contributed by atoms with Gasteiger partial charge in [0, 0.05) is 7.05 Å². The second kappa shape index (κ2) is 8.12. The SMILES string of the molecule is COc1ccc(/C=C/c2nc(/C=C/c3ccc(C(F)(F)F)cc3)nn2C)cc1. The molecule has 28 heavy (non-hydrogen) atoms. The third-order valence-corrected chi connectivity index (χ3v) is 4.02. The van der Waals surface area contributed by atoms with Crippen LogP contribution in [-0.2, 0) is 13.2 Å². The summed E-state index contributed by atoms with van der Waals surface area (Å²) in [7, 11) is 3.39. The number of rotatable bonds is 5. The van der Waals surface area contributed by atoms with Gasteiger partial charge in [-0.2, -0.15) is 18.3 Å². The highest BCUT2D eigenvalue weighted by Gasteiger charge is 2.29. The minimum atomic E-state index is -4.34. The first-order valence-electron chi connectivity index (χ1n) is 8.44. The van der Waals surface area contributed by atoms with Crippen LogP contribution in [0.1, 0.15) is 28.3 Å². The Bertz CT molecular complexity index is 985. The van der Waals surface area contributed by atoms with Crippen molar-refractivity contribution in [1.82, 2.24) is 14.8 Å². The summed E-state index contributed by atoms with van der Waals surface area (Å²) in [5.41, 5.74) is 0.952. The van der Waals surface area contributed by atoms with Gasteiger partial charge in [-0.15, -0.1) is 0 Å². The molecule has 0 radical (unpaired) electrons. The highest BCUT2D eigenvalue weighted by atomic mass is 19.4. The standard InChI is InChI=1S/C21H18F3N3O/c1-27-20(14-8-16-5-11-18(28-2)12-6-16)25-19(26-27)13-7-15-3-9-17(10-4-15)21(22,23)24/h3-14H,1-2H3/b13-7+,14-8+. The van der Waals surface area contributed by atoms with E-state index >= 15 is 0 Å². The van der Waals surface area contributed by atoms with Gasteiger partial charge in [-0.1, -0.05) is 36.4 Å². The lowest BCUT2D eigenvalue weighted by Crippen LogP contribution is -2.03. The predicted octanol–water partition coefficient (Wildman–Crippen LogP) is 5.18. The molecule has 0 N–H and O–H groups in total. The molecule has 0 saturated heterocycles. The molecule has 7 heteroatoms. The van der Waals surface area contributed by atoms with Crippen LogP contribution < -0.4 is 4.74 Å². The molecule has 0 aliphatic rings. The summed E-state index contributed by atoms with van der Waals surface area (Å²) in [6.07, 6.45) is 2.74. The number of hydrogen-bond donors (Lipinski definition) is 0. The molecule has 0 atom stereocenters. The first kappa shape index (κ1) is 19.4. The minimum absolute atomic E-state index is 0.469. The van der Waals surface area contributed by atoms with Crippen LogP contribution in [0, 0.1) is 0 Å². The maximum atomic E-state index is 12.6. The summed E-state index contributed by atoms with van der Waals surface area (Å²) in [6, 6.07) is 12.5. The lowest BCUT2D eigenvalue weighted by atomic mass is 10.1. The molecule has 3 aromatic rings. The zero-order chi connectivity index (χ0) is 20.1. The van der Waals surface area contributed by atoms with Crippen LogP contribution in [0.2, 0.25) is 0 Å². The largest absolute Gasteiger partial charge is 0.497 e. The Morgan fingerprint density at radius 3 is 2.00 bits per heavy atom. The van der Waals surface area contributed by atoms with E-state index in [0.717, 1.165) is 23.4 Å². The van der Waals surface area contributed by atoms with Gasteiger partial charge in [0.05, 0.1) is 12.7 Å². The number of alkyl halides is 3. The molecule has 0 fully saturated rings. The van der Waals surface area contributed by atoms with E-state index < -0.39 is 11.7 Å². The maximum absolute atomic E-state index is 12.6. The van der Waals surface area contributed by atoms with Crippen molar-refractivity contribution in [1.29, 1.82) is 0 Å². The summed E-state index contributed by atoms with van der Waals surface area (Å²) < 4.78 is 44.6. The highest BCUT2D eigenvalue weighted by molar-refractivity contribution is 5.69. The van der Waals surface area contributed by atoms with Gasteiger partial charge < -0.3 is 4.74 Å². The quantitative estimate of drug-likeness (QED) is 0.607. The molecule has 144 valence electrons. The van der Waals surface area contributed by atoms with E-state index in [1.165, 1.54) is 12.1 Å². The summed E-state index contributed by atoms with van der Waals surface area (Å²) >= 11 is 0. The number of ether oxygens (including phenoxy) is 1. The Labute approximate surface area is 160 Å². The van der Waals surface area contributed by atoms with Crippen LogP contribution >= 0.6 is 0 Å². The molecule has 0 spiro atoms. The number of halogens is 3. The Morgan fingerprint density at radius 2 is 1.43 bits per heavy atom. The van der Waals surface area contributed by atoms with Gasteiger partial charge in [0.1, 0.15) is 5.75 Å². The molecule has 4 nitrogen and oxygen atoms in total. The number of benzene rings is 2. The number of hydrogen-bond acceptors (Lipinski definition) is 3. The zero-order valence-electron chi connectivity index (χ0n) is 15.3. The van der Waals surface area contributed by atoms with Gasteiger partial charge in [-0.25, -0.2) is 9.67 Å². The molecule has 0 amide bonds. The molecule has 1 aromatic heterocycles. The molecule has 0 unspecified atom stereocenters. The summed E-state index contributed by atoms with van der Waals surface area (Å²) in [5.74, 6) is 1.91.